The van der Waals surface area contributed by atoms with Gasteiger partial charge in [-0.15, -0.1) is 0 Å². The van der Waals surface area contributed by atoms with E-state index in [1.165, 1.54) is 0 Å². The minimum absolute atomic E-state index is 0.184. The molecule has 120 valence electrons. The van der Waals surface area contributed by atoms with Crippen LogP contribution in [0.4, 0.5) is 0 Å². The maximum absolute atomic E-state index is 12.9. The van der Waals surface area contributed by atoms with Gasteiger partial charge in [0.05, 0.1) is 5.02 Å². The van der Waals surface area contributed by atoms with E-state index in [0.29, 0.717) is 22.8 Å². The van der Waals surface area contributed by atoms with Crippen molar-refractivity contribution in [1.29, 1.82) is 0 Å². The Morgan fingerprint density at radius 2 is 2.09 bits per heavy atom. The Bertz CT molecular complexity index is 662. The van der Waals surface area contributed by atoms with Crippen molar-refractivity contribution in [3.05, 3.63) is 32.2 Å². The Balaban J connectivity index is 1.91. The van der Waals surface area contributed by atoms with Gasteiger partial charge >= 0.3 is 0 Å². The number of nitrogens with zero attached hydrogens (tertiary/aromatic N) is 1. The molecule has 2 saturated heterocycles. The lowest BCUT2D eigenvalue weighted by Crippen LogP contribution is -2.48. The van der Waals surface area contributed by atoms with E-state index in [4.69, 9.17) is 11.6 Å². The van der Waals surface area contributed by atoms with Crippen molar-refractivity contribution >= 4 is 17.5 Å². The summed E-state index contributed by atoms with van der Waals surface area (Å²) < 4.78 is 0. The van der Waals surface area contributed by atoms with Crippen LogP contribution in [0.2, 0.25) is 5.02 Å². The van der Waals surface area contributed by atoms with Crippen LogP contribution in [0.25, 0.3) is 0 Å². The van der Waals surface area contributed by atoms with E-state index in [1.54, 1.807) is 13.8 Å². The van der Waals surface area contributed by atoms with Crippen LogP contribution in [0.3, 0.4) is 0 Å². The number of H-pyrrole nitrogens is 1. The second-order valence-corrected chi connectivity index (χ2v) is 7.03. The molecule has 3 rings (SSSR count). The molecule has 2 aliphatic heterocycles. The van der Waals surface area contributed by atoms with E-state index in [1.807, 2.05) is 4.90 Å². The molecular formula is C16H22ClN3O2. The van der Waals surface area contributed by atoms with Gasteiger partial charge in [-0.25, -0.2) is 0 Å². The van der Waals surface area contributed by atoms with Gasteiger partial charge in [0.15, 0.2) is 0 Å². The summed E-state index contributed by atoms with van der Waals surface area (Å²) in [5, 5.41) is 3.86. The SMILES string of the molecule is Cc1[nH]c(=O)c(C(=O)N2CCCC3(CCNC3)C2)c(C)c1Cl. The topological polar surface area (TPSA) is 65.2 Å². The van der Waals surface area contributed by atoms with Gasteiger partial charge in [0.2, 0.25) is 0 Å². The quantitative estimate of drug-likeness (QED) is 0.829. The monoisotopic (exact) mass is 323 g/mol. The third-order valence-electron chi connectivity index (χ3n) is 5.06. The number of aromatic nitrogens is 1. The molecule has 1 amide bonds. The lowest BCUT2D eigenvalue weighted by molar-refractivity contribution is 0.0551. The van der Waals surface area contributed by atoms with Crippen molar-refractivity contribution in [3.63, 3.8) is 0 Å². The van der Waals surface area contributed by atoms with Crippen molar-refractivity contribution in [2.45, 2.75) is 33.1 Å². The van der Waals surface area contributed by atoms with Crippen molar-refractivity contribution in [3.8, 4) is 0 Å². The van der Waals surface area contributed by atoms with Crippen LogP contribution in [0.1, 0.15) is 40.9 Å². The largest absolute Gasteiger partial charge is 0.338 e. The Morgan fingerprint density at radius 1 is 1.32 bits per heavy atom. The fourth-order valence-electron chi connectivity index (χ4n) is 3.79. The summed E-state index contributed by atoms with van der Waals surface area (Å²) >= 11 is 6.21. The first-order chi connectivity index (χ1) is 10.4. The number of aryl methyl sites for hydroxylation is 1. The Labute approximate surface area is 135 Å². The molecule has 1 aromatic rings. The third-order valence-corrected chi connectivity index (χ3v) is 5.62. The molecule has 1 aromatic heterocycles. The molecule has 0 aliphatic carbocycles. The number of likely N-dealkylation sites (tertiary alicyclic amines) is 1. The second kappa shape index (κ2) is 5.70. The van der Waals surface area contributed by atoms with Gasteiger partial charge in [0.1, 0.15) is 5.56 Å². The summed E-state index contributed by atoms with van der Waals surface area (Å²) in [6, 6.07) is 0. The highest BCUT2D eigenvalue weighted by Gasteiger charge is 2.40. The van der Waals surface area contributed by atoms with Crippen LogP contribution < -0.4 is 10.9 Å². The van der Waals surface area contributed by atoms with Crippen molar-refractivity contribution in [1.82, 2.24) is 15.2 Å². The Hall–Kier alpha value is -1.33. The molecule has 22 heavy (non-hydrogen) atoms. The number of rotatable bonds is 1. The standard InChI is InChI=1S/C16H22ClN3O2/c1-10-12(14(21)19-11(2)13(10)17)15(22)20-7-3-4-16(9-20)5-6-18-8-16/h18H,3-9H2,1-2H3,(H,19,21). The summed E-state index contributed by atoms with van der Waals surface area (Å²) in [5.74, 6) is -0.188. The number of aromatic amines is 1. The lowest BCUT2D eigenvalue weighted by Gasteiger charge is -2.40. The molecule has 3 heterocycles. The number of pyridine rings is 1. The maximum atomic E-state index is 12.9. The number of amides is 1. The van der Waals surface area contributed by atoms with E-state index >= 15 is 0 Å². The number of piperidine rings is 1. The van der Waals surface area contributed by atoms with E-state index in [2.05, 4.69) is 10.3 Å². The Morgan fingerprint density at radius 3 is 2.77 bits per heavy atom. The molecule has 1 atom stereocenters. The van der Waals surface area contributed by atoms with E-state index in [9.17, 15) is 9.59 Å². The number of hydrogen-bond acceptors (Lipinski definition) is 3. The molecule has 0 aromatic carbocycles. The molecule has 1 unspecified atom stereocenters. The molecule has 2 N–H and O–H groups in total. The predicted octanol–water partition coefficient (Wildman–Crippen LogP) is 1.86. The molecule has 2 fully saturated rings. The highest BCUT2D eigenvalue weighted by atomic mass is 35.5. The van der Waals surface area contributed by atoms with Gasteiger partial charge < -0.3 is 15.2 Å². The Kier molecular flexibility index (Phi) is 4.03. The van der Waals surface area contributed by atoms with Crippen LogP contribution in [0, 0.1) is 19.3 Å². The molecule has 0 radical (unpaired) electrons. The van der Waals surface area contributed by atoms with Gasteiger partial charge in [-0.3, -0.25) is 9.59 Å². The van der Waals surface area contributed by atoms with Crippen molar-refractivity contribution in [2.24, 2.45) is 5.41 Å². The summed E-state index contributed by atoms with van der Waals surface area (Å²) in [4.78, 5) is 29.6. The van der Waals surface area contributed by atoms with Crippen molar-refractivity contribution < 1.29 is 4.79 Å². The smallest absolute Gasteiger partial charge is 0.261 e. The third kappa shape index (κ3) is 2.57. The average molecular weight is 324 g/mol. The lowest BCUT2D eigenvalue weighted by atomic mass is 9.79. The predicted molar refractivity (Wildman–Crippen MR) is 86.6 cm³/mol. The van der Waals surface area contributed by atoms with Crippen LogP contribution in [-0.2, 0) is 0 Å². The second-order valence-electron chi connectivity index (χ2n) is 6.65. The molecule has 0 saturated carbocycles. The number of carbonyl (C=O) groups excluding carboxylic acids is 1. The molecule has 0 bridgehead atoms. The van der Waals surface area contributed by atoms with Crippen LogP contribution in [0.15, 0.2) is 4.79 Å². The first kappa shape index (κ1) is 15.6. The zero-order chi connectivity index (χ0) is 15.9. The number of nitrogens with one attached hydrogen (secondary N) is 2. The molecule has 6 heteroatoms. The first-order valence-corrected chi connectivity index (χ1v) is 8.20. The van der Waals surface area contributed by atoms with Gasteiger partial charge in [0.25, 0.3) is 11.5 Å². The van der Waals surface area contributed by atoms with Gasteiger partial charge in [-0.05, 0) is 45.2 Å². The number of hydrogen-bond donors (Lipinski definition) is 2. The minimum Gasteiger partial charge on any atom is -0.338 e. The molecule has 5 nitrogen and oxygen atoms in total. The summed E-state index contributed by atoms with van der Waals surface area (Å²) in [6.07, 6.45) is 3.23. The highest BCUT2D eigenvalue weighted by Crippen LogP contribution is 2.36. The fraction of sp³-hybridized carbons (Fsp3) is 0.625. The summed E-state index contributed by atoms with van der Waals surface area (Å²) in [5.41, 5.74) is 1.23. The van der Waals surface area contributed by atoms with Crippen molar-refractivity contribution in [2.75, 3.05) is 26.2 Å². The number of carbonyl (C=O) groups is 1. The normalized spacial score (nSPS) is 25.0. The molecule has 1 spiro atoms. The zero-order valence-electron chi connectivity index (χ0n) is 13.1. The molecular weight excluding hydrogens is 302 g/mol. The van der Waals surface area contributed by atoms with Crippen LogP contribution in [0.5, 0.6) is 0 Å². The van der Waals surface area contributed by atoms with E-state index in [-0.39, 0.29) is 22.4 Å². The average Bonchev–Trinajstić information content (AvgIpc) is 2.92. The van der Waals surface area contributed by atoms with E-state index in [0.717, 1.165) is 38.9 Å². The first-order valence-electron chi connectivity index (χ1n) is 7.82. The van der Waals surface area contributed by atoms with Gasteiger partial charge in [-0.1, -0.05) is 11.6 Å². The van der Waals surface area contributed by atoms with Gasteiger partial charge in [0, 0.05) is 30.7 Å². The zero-order valence-corrected chi connectivity index (χ0v) is 13.8. The summed E-state index contributed by atoms with van der Waals surface area (Å²) in [7, 11) is 0. The maximum Gasteiger partial charge on any atom is 0.261 e. The highest BCUT2D eigenvalue weighted by molar-refractivity contribution is 6.32. The van der Waals surface area contributed by atoms with Gasteiger partial charge in [-0.2, -0.15) is 0 Å². The minimum atomic E-state index is -0.339. The van der Waals surface area contributed by atoms with Crippen LogP contribution >= 0.6 is 11.6 Å². The van der Waals surface area contributed by atoms with Crippen LogP contribution in [-0.4, -0.2) is 42.0 Å². The van der Waals surface area contributed by atoms with E-state index < -0.39 is 0 Å². The summed E-state index contributed by atoms with van der Waals surface area (Å²) in [6.45, 7) is 6.90. The number of halogens is 1. The molecule has 2 aliphatic rings. The fourth-order valence-corrected chi connectivity index (χ4v) is 3.93.